The van der Waals surface area contributed by atoms with E-state index in [1.54, 1.807) is 6.92 Å². The normalized spacial score (nSPS) is 9.00. The molecule has 0 amide bonds. The lowest BCUT2D eigenvalue weighted by Gasteiger charge is -1.98. The number of aryl methyl sites for hydroxylation is 2. The number of H-pyrrole nitrogens is 1. The van der Waals surface area contributed by atoms with Crippen LogP contribution in [0.2, 0.25) is 5.02 Å². The summed E-state index contributed by atoms with van der Waals surface area (Å²) in [7, 11) is 0. The number of para-hydroxylation sites is 1. The number of rotatable bonds is 0. The largest absolute Gasteiger partial charge is 0.508 e. The van der Waals surface area contributed by atoms with Crippen LogP contribution in [0.4, 0.5) is 4.39 Å². The summed E-state index contributed by atoms with van der Waals surface area (Å²) in [5.41, 5.74) is 2.72. The molecule has 0 radical (unpaired) electrons. The van der Waals surface area contributed by atoms with Gasteiger partial charge in [-0.1, -0.05) is 57.5 Å². The molecule has 0 saturated heterocycles. The predicted octanol–water partition coefficient (Wildman–Crippen LogP) is 6.42. The molecule has 0 spiro atoms. The second-order valence-electron chi connectivity index (χ2n) is 4.42. The molecule has 0 aliphatic rings. The molecule has 0 fully saturated rings. The van der Waals surface area contributed by atoms with Crippen LogP contribution < -0.4 is 0 Å². The van der Waals surface area contributed by atoms with Crippen molar-refractivity contribution in [2.75, 3.05) is 0 Å². The zero-order chi connectivity index (χ0) is 18.7. The Labute approximate surface area is 148 Å². The molecule has 1 aromatic heterocycles. The van der Waals surface area contributed by atoms with Crippen molar-refractivity contribution in [1.29, 1.82) is 0 Å². The van der Waals surface area contributed by atoms with Crippen LogP contribution in [-0.4, -0.2) is 15.3 Å². The van der Waals surface area contributed by atoms with Gasteiger partial charge in [-0.3, -0.25) is 5.10 Å². The topological polar surface area (TPSA) is 48.9 Å². The summed E-state index contributed by atoms with van der Waals surface area (Å²) in [6.07, 6.45) is 0. The van der Waals surface area contributed by atoms with E-state index in [0.717, 1.165) is 17.3 Å². The van der Waals surface area contributed by atoms with Crippen molar-refractivity contribution < 1.29 is 9.50 Å². The van der Waals surface area contributed by atoms with Crippen LogP contribution in [0.1, 0.15) is 39.0 Å². The third kappa shape index (κ3) is 6.20. The summed E-state index contributed by atoms with van der Waals surface area (Å²) in [6, 6.07) is 10.5. The van der Waals surface area contributed by atoms with Crippen LogP contribution in [-0.2, 0) is 0 Å². The van der Waals surface area contributed by atoms with Crippen LogP contribution in [0.15, 0.2) is 36.4 Å². The highest BCUT2D eigenvalue weighted by Gasteiger charge is 2.03. The van der Waals surface area contributed by atoms with Crippen molar-refractivity contribution >= 4 is 22.5 Å². The van der Waals surface area contributed by atoms with Gasteiger partial charge in [0.2, 0.25) is 0 Å². The number of nitrogens with one attached hydrogen (secondary N) is 1. The summed E-state index contributed by atoms with van der Waals surface area (Å²) >= 11 is 5.46. The Morgan fingerprint density at radius 1 is 1.04 bits per heavy atom. The lowest BCUT2D eigenvalue weighted by atomic mass is 10.2. The number of aromatic amines is 1. The molecule has 3 aromatic rings. The average molecular weight is 353 g/mol. The zero-order valence-electron chi connectivity index (χ0n) is 15.1. The van der Waals surface area contributed by atoms with Crippen LogP contribution in [0.5, 0.6) is 5.75 Å². The number of phenolic OH excluding ortho intramolecular Hbond substituents is 1. The van der Waals surface area contributed by atoms with E-state index in [0.29, 0.717) is 5.56 Å². The minimum atomic E-state index is -0.584. The Morgan fingerprint density at radius 2 is 1.62 bits per heavy atom. The van der Waals surface area contributed by atoms with Gasteiger partial charge in [0.05, 0.1) is 10.5 Å². The number of halogens is 2. The van der Waals surface area contributed by atoms with Gasteiger partial charge < -0.3 is 5.11 Å². The number of aromatic nitrogens is 2. The molecule has 2 aromatic carbocycles. The van der Waals surface area contributed by atoms with Crippen molar-refractivity contribution in [2.24, 2.45) is 0 Å². The first-order valence-corrected chi connectivity index (χ1v) is 8.41. The van der Waals surface area contributed by atoms with Crippen LogP contribution in [0.25, 0.3) is 10.9 Å². The number of nitrogens with zero attached hydrogens (tertiary/aromatic N) is 1. The molecule has 0 aliphatic carbocycles. The molecule has 5 heteroatoms. The average Bonchev–Trinajstić information content (AvgIpc) is 2.98. The quantitative estimate of drug-likeness (QED) is 0.490. The number of hydrogen-bond donors (Lipinski definition) is 2. The Balaban J connectivity index is 0.000000366. The van der Waals surface area contributed by atoms with Gasteiger partial charge in [-0.05, 0) is 31.5 Å². The van der Waals surface area contributed by atoms with E-state index < -0.39 is 5.82 Å². The molecule has 132 valence electrons. The molecule has 1 heterocycles. The van der Waals surface area contributed by atoms with Gasteiger partial charge in [0, 0.05) is 17.1 Å². The van der Waals surface area contributed by atoms with Crippen molar-refractivity contribution in [3.8, 4) is 5.75 Å². The highest BCUT2D eigenvalue weighted by atomic mass is 35.5. The zero-order valence-corrected chi connectivity index (χ0v) is 15.9. The van der Waals surface area contributed by atoms with E-state index in [1.807, 2.05) is 52.8 Å². The third-order valence-electron chi connectivity index (χ3n) is 2.85. The number of fused-ring (bicyclic) bond motifs is 1. The fourth-order valence-corrected chi connectivity index (χ4v) is 1.91. The van der Waals surface area contributed by atoms with Crippen molar-refractivity contribution in [1.82, 2.24) is 10.2 Å². The predicted molar refractivity (Wildman–Crippen MR) is 101 cm³/mol. The van der Waals surface area contributed by atoms with E-state index >= 15 is 0 Å². The summed E-state index contributed by atoms with van der Waals surface area (Å²) < 4.78 is 12.5. The van der Waals surface area contributed by atoms with Gasteiger partial charge in [-0.25, -0.2) is 4.39 Å². The summed E-state index contributed by atoms with van der Waals surface area (Å²) in [6.45, 7) is 11.7. The molecule has 0 bridgehead atoms. The Kier molecular flexibility index (Phi) is 10.5. The van der Waals surface area contributed by atoms with E-state index in [1.165, 1.54) is 11.5 Å². The smallest absolute Gasteiger partial charge is 0.145 e. The maximum Gasteiger partial charge on any atom is 0.145 e. The number of phenols is 1. The first kappa shape index (κ1) is 21.9. The molecule has 0 saturated carbocycles. The SMILES string of the molecule is CC.CC.Cc1[nH]nc2ccccc12.Cc1cc(O)cc(F)c1Cl. The monoisotopic (exact) mass is 352 g/mol. The molecule has 2 N–H and O–H groups in total. The summed E-state index contributed by atoms with van der Waals surface area (Å²) in [5, 5.41) is 17.1. The molecular formula is C19H26ClFN2O. The van der Waals surface area contributed by atoms with Crippen LogP contribution in [0.3, 0.4) is 0 Å². The van der Waals surface area contributed by atoms with Gasteiger partial charge in [-0.15, -0.1) is 0 Å². The minimum Gasteiger partial charge on any atom is -0.508 e. The Morgan fingerprint density at radius 3 is 2.17 bits per heavy atom. The molecule has 24 heavy (non-hydrogen) atoms. The van der Waals surface area contributed by atoms with Crippen molar-refractivity contribution in [2.45, 2.75) is 41.5 Å². The standard InChI is InChI=1S/C8H8N2.C7H6ClFO.2C2H6/c1-6-7-4-2-3-5-8(7)10-9-6;1-4-2-5(10)3-6(9)7(4)8;2*1-2/h2-5H,1H3,(H,9,10);2-3,10H,1H3;2*1-2H3. The van der Waals surface area contributed by atoms with Gasteiger partial charge in [0.1, 0.15) is 11.6 Å². The molecule has 0 unspecified atom stereocenters. The maximum absolute atomic E-state index is 12.5. The first-order valence-electron chi connectivity index (χ1n) is 8.03. The third-order valence-corrected chi connectivity index (χ3v) is 3.33. The highest BCUT2D eigenvalue weighted by Crippen LogP contribution is 2.23. The summed E-state index contributed by atoms with van der Waals surface area (Å²) in [4.78, 5) is 0. The van der Waals surface area contributed by atoms with E-state index in [9.17, 15) is 4.39 Å². The number of aromatic hydroxyl groups is 1. The Hall–Kier alpha value is -2.07. The van der Waals surface area contributed by atoms with Crippen LogP contribution >= 0.6 is 11.6 Å². The second kappa shape index (κ2) is 11.5. The lowest BCUT2D eigenvalue weighted by molar-refractivity contribution is 0.468. The summed E-state index contributed by atoms with van der Waals surface area (Å²) in [5.74, 6) is -0.682. The van der Waals surface area contributed by atoms with Gasteiger partial charge >= 0.3 is 0 Å². The van der Waals surface area contributed by atoms with Gasteiger partial charge in [-0.2, -0.15) is 5.10 Å². The molecule has 3 rings (SSSR count). The molecule has 0 atom stereocenters. The highest BCUT2D eigenvalue weighted by molar-refractivity contribution is 6.31. The fraction of sp³-hybridized carbons (Fsp3) is 0.316. The maximum atomic E-state index is 12.5. The van der Waals surface area contributed by atoms with Crippen molar-refractivity contribution in [3.63, 3.8) is 0 Å². The molecular weight excluding hydrogens is 327 g/mol. The molecule has 3 nitrogen and oxygen atoms in total. The van der Waals surface area contributed by atoms with Crippen LogP contribution in [0, 0.1) is 19.7 Å². The fourth-order valence-electron chi connectivity index (χ4n) is 1.80. The minimum absolute atomic E-state index is 0.0674. The van der Waals surface area contributed by atoms with E-state index in [2.05, 4.69) is 16.3 Å². The first-order chi connectivity index (χ1) is 11.5. The Bertz CT molecular complexity index is 718. The number of hydrogen-bond acceptors (Lipinski definition) is 2. The van der Waals surface area contributed by atoms with E-state index in [-0.39, 0.29) is 10.8 Å². The second-order valence-corrected chi connectivity index (χ2v) is 4.80. The molecule has 0 aliphatic heterocycles. The lowest BCUT2D eigenvalue weighted by Crippen LogP contribution is -1.80. The van der Waals surface area contributed by atoms with Gasteiger partial charge in [0.15, 0.2) is 0 Å². The van der Waals surface area contributed by atoms with E-state index in [4.69, 9.17) is 16.7 Å². The number of benzene rings is 2. The van der Waals surface area contributed by atoms with Crippen molar-refractivity contribution in [3.05, 3.63) is 58.5 Å². The van der Waals surface area contributed by atoms with Gasteiger partial charge in [0.25, 0.3) is 0 Å².